The van der Waals surface area contributed by atoms with Crippen molar-refractivity contribution in [2.75, 3.05) is 19.6 Å². The minimum atomic E-state index is -0.840. The minimum Gasteiger partial charge on any atom is -0.339 e. The molecule has 7 heteroatoms. The molecular formula is C14H22FN5O. The molecule has 1 aromatic rings. The molecule has 6 nitrogen and oxygen atoms in total. The molecule has 0 spiro atoms. The summed E-state index contributed by atoms with van der Waals surface area (Å²) in [6, 6.07) is 0.381. The van der Waals surface area contributed by atoms with Gasteiger partial charge in [-0.1, -0.05) is 0 Å². The highest BCUT2D eigenvalue weighted by molar-refractivity contribution is 5.78. The van der Waals surface area contributed by atoms with Crippen LogP contribution in [0.4, 0.5) is 4.39 Å². The van der Waals surface area contributed by atoms with Gasteiger partial charge in [0.15, 0.2) is 0 Å². The first-order chi connectivity index (χ1) is 10.2. The number of hydrogen-bond donors (Lipinski definition) is 1. The number of halogens is 1. The summed E-state index contributed by atoms with van der Waals surface area (Å²) in [7, 11) is 0. The second-order valence-corrected chi connectivity index (χ2v) is 6.10. The van der Waals surface area contributed by atoms with Crippen LogP contribution in [0.5, 0.6) is 0 Å². The third-order valence-electron chi connectivity index (χ3n) is 4.48. The van der Waals surface area contributed by atoms with Crippen LogP contribution in [0.3, 0.4) is 0 Å². The second-order valence-electron chi connectivity index (χ2n) is 6.10. The highest BCUT2D eigenvalue weighted by Crippen LogP contribution is 2.26. The van der Waals surface area contributed by atoms with E-state index in [4.69, 9.17) is 0 Å². The molecule has 2 heterocycles. The predicted molar refractivity (Wildman–Crippen MR) is 75.2 cm³/mol. The van der Waals surface area contributed by atoms with Crippen LogP contribution < -0.4 is 5.32 Å². The summed E-state index contributed by atoms with van der Waals surface area (Å²) in [6.07, 6.45) is 6.21. The van der Waals surface area contributed by atoms with Crippen LogP contribution in [0.25, 0.3) is 0 Å². The van der Waals surface area contributed by atoms with E-state index in [1.807, 2.05) is 4.68 Å². The summed E-state index contributed by atoms with van der Waals surface area (Å²) in [5.74, 6) is 0.608. The number of nitrogens with zero attached hydrogens (tertiary/aromatic N) is 4. The standard InChI is InChI=1S/C14H22FN5O/c15-12-3-4-19(8-12)14(21)6-17-13-2-1-11(5-13)7-20-10-16-9-18-20/h9-13,17H,1-8H2/t11-,12-,13+/m0/s1. The molecule has 1 amide bonds. The van der Waals surface area contributed by atoms with Gasteiger partial charge in [0.2, 0.25) is 5.91 Å². The zero-order valence-electron chi connectivity index (χ0n) is 12.1. The number of alkyl halides is 1. The van der Waals surface area contributed by atoms with Gasteiger partial charge in [-0.25, -0.2) is 9.37 Å². The number of likely N-dealkylation sites (tertiary alicyclic amines) is 1. The number of amides is 1. The van der Waals surface area contributed by atoms with Crippen molar-refractivity contribution in [1.82, 2.24) is 25.0 Å². The Morgan fingerprint density at radius 3 is 3.00 bits per heavy atom. The SMILES string of the molecule is O=C(CN[C@@H]1CC[C@H](Cn2cncn2)C1)N1CC[C@H](F)C1. The van der Waals surface area contributed by atoms with Crippen LogP contribution in [-0.2, 0) is 11.3 Å². The van der Waals surface area contributed by atoms with Crippen molar-refractivity contribution in [3.8, 4) is 0 Å². The number of rotatable bonds is 5. The number of hydrogen-bond acceptors (Lipinski definition) is 4. The number of carbonyl (C=O) groups is 1. The molecule has 2 aliphatic rings. The average Bonchev–Trinajstić information content (AvgIpc) is 3.19. The summed E-state index contributed by atoms with van der Waals surface area (Å²) in [5.41, 5.74) is 0. The molecular weight excluding hydrogens is 273 g/mol. The second kappa shape index (κ2) is 6.51. The van der Waals surface area contributed by atoms with Crippen molar-refractivity contribution in [2.45, 2.75) is 44.4 Å². The lowest BCUT2D eigenvalue weighted by molar-refractivity contribution is -0.129. The fourth-order valence-corrected chi connectivity index (χ4v) is 3.31. The van der Waals surface area contributed by atoms with E-state index in [-0.39, 0.29) is 12.5 Å². The highest BCUT2D eigenvalue weighted by Gasteiger charge is 2.28. The fourth-order valence-electron chi connectivity index (χ4n) is 3.31. The van der Waals surface area contributed by atoms with Crippen LogP contribution >= 0.6 is 0 Å². The van der Waals surface area contributed by atoms with Crippen molar-refractivity contribution in [3.63, 3.8) is 0 Å². The van der Waals surface area contributed by atoms with Crippen LogP contribution in [0, 0.1) is 5.92 Å². The first-order valence-corrected chi connectivity index (χ1v) is 7.68. The summed E-state index contributed by atoms with van der Waals surface area (Å²) in [6.45, 7) is 2.04. The van der Waals surface area contributed by atoms with E-state index in [2.05, 4.69) is 15.4 Å². The van der Waals surface area contributed by atoms with Gasteiger partial charge in [0.25, 0.3) is 0 Å². The molecule has 0 unspecified atom stereocenters. The number of aromatic nitrogens is 3. The van der Waals surface area contributed by atoms with E-state index in [0.29, 0.717) is 31.5 Å². The number of nitrogens with one attached hydrogen (secondary N) is 1. The zero-order valence-corrected chi connectivity index (χ0v) is 12.1. The maximum atomic E-state index is 13.1. The summed E-state index contributed by atoms with van der Waals surface area (Å²) >= 11 is 0. The van der Waals surface area contributed by atoms with Gasteiger partial charge in [0, 0.05) is 19.1 Å². The van der Waals surface area contributed by atoms with Gasteiger partial charge in [0.1, 0.15) is 18.8 Å². The lowest BCUT2D eigenvalue weighted by atomic mass is 10.1. The molecule has 21 heavy (non-hydrogen) atoms. The van der Waals surface area contributed by atoms with Crippen molar-refractivity contribution in [1.29, 1.82) is 0 Å². The smallest absolute Gasteiger partial charge is 0.236 e. The van der Waals surface area contributed by atoms with E-state index in [9.17, 15) is 9.18 Å². The van der Waals surface area contributed by atoms with Gasteiger partial charge in [-0.3, -0.25) is 9.48 Å². The molecule has 0 bridgehead atoms. The Morgan fingerprint density at radius 1 is 1.38 bits per heavy atom. The molecule has 116 valence electrons. The van der Waals surface area contributed by atoms with Crippen molar-refractivity contribution < 1.29 is 9.18 Å². The zero-order chi connectivity index (χ0) is 14.7. The average molecular weight is 295 g/mol. The van der Waals surface area contributed by atoms with E-state index in [1.54, 1.807) is 17.6 Å². The molecule has 0 radical (unpaired) electrons. The third-order valence-corrected chi connectivity index (χ3v) is 4.48. The van der Waals surface area contributed by atoms with Crippen molar-refractivity contribution >= 4 is 5.91 Å². The van der Waals surface area contributed by atoms with Gasteiger partial charge >= 0.3 is 0 Å². The third kappa shape index (κ3) is 3.78. The van der Waals surface area contributed by atoms with E-state index < -0.39 is 6.17 Å². The fraction of sp³-hybridized carbons (Fsp3) is 0.786. The largest absolute Gasteiger partial charge is 0.339 e. The minimum absolute atomic E-state index is 0.0230. The van der Waals surface area contributed by atoms with Crippen molar-refractivity contribution in [2.24, 2.45) is 5.92 Å². The maximum Gasteiger partial charge on any atom is 0.236 e. The molecule has 1 saturated carbocycles. The summed E-state index contributed by atoms with van der Waals surface area (Å²) in [4.78, 5) is 17.5. The van der Waals surface area contributed by atoms with Crippen LogP contribution in [0.15, 0.2) is 12.7 Å². The Balaban J connectivity index is 1.38. The van der Waals surface area contributed by atoms with Crippen LogP contribution in [0.2, 0.25) is 0 Å². The first kappa shape index (κ1) is 14.4. The van der Waals surface area contributed by atoms with Crippen molar-refractivity contribution in [3.05, 3.63) is 12.7 Å². The van der Waals surface area contributed by atoms with E-state index >= 15 is 0 Å². The van der Waals surface area contributed by atoms with Gasteiger partial charge in [-0.2, -0.15) is 5.10 Å². The lowest BCUT2D eigenvalue weighted by Crippen LogP contribution is -2.40. The Bertz CT molecular complexity index is 466. The first-order valence-electron chi connectivity index (χ1n) is 7.68. The van der Waals surface area contributed by atoms with Gasteiger partial charge in [-0.15, -0.1) is 0 Å². The maximum absolute atomic E-state index is 13.1. The molecule has 2 fully saturated rings. The van der Waals surface area contributed by atoms with Gasteiger partial charge < -0.3 is 10.2 Å². The Labute approximate surface area is 123 Å². The van der Waals surface area contributed by atoms with Gasteiger partial charge in [0.05, 0.1) is 13.1 Å². The molecule has 1 aromatic heterocycles. The molecule has 3 atom stereocenters. The summed E-state index contributed by atoms with van der Waals surface area (Å²) < 4.78 is 14.9. The predicted octanol–water partition coefficient (Wildman–Crippen LogP) is 0.607. The molecule has 3 rings (SSSR count). The Morgan fingerprint density at radius 2 is 2.29 bits per heavy atom. The Kier molecular flexibility index (Phi) is 4.48. The quantitative estimate of drug-likeness (QED) is 0.864. The molecule has 1 aliphatic carbocycles. The van der Waals surface area contributed by atoms with Crippen LogP contribution in [0.1, 0.15) is 25.7 Å². The summed E-state index contributed by atoms with van der Waals surface area (Å²) in [5, 5.41) is 7.45. The lowest BCUT2D eigenvalue weighted by Gasteiger charge is -2.18. The topological polar surface area (TPSA) is 63.1 Å². The normalized spacial score (nSPS) is 29.2. The molecule has 0 aromatic carbocycles. The van der Waals surface area contributed by atoms with Crippen LogP contribution in [-0.4, -0.2) is 57.4 Å². The highest BCUT2D eigenvalue weighted by atomic mass is 19.1. The molecule has 1 aliphatic heterocycles. The Hall–Kier alpha value is -1.50. The monoisotopic (exact) mass is 295 g/mol. The molecule has 1 N–H and O–H groups in total. The van der Waals surface area contributed by atoms with E-state index in [0.717, 1.165) is 25.8 Å². The van der Waals surface area contributed by atoms with E-state index in [1.165, 1.54) is 0 Å². The number of carbonyl (C=O) groups excluding carboxylic acids is 1. The van der Waals surface area contributed by atoms with Gasteiger partial charge in [-0.05, 0) is 31.6 Å². The molecule has 1 saturated heterocycles.